The molecule has 0 aliphatic heterocycles. The minimum Gasteiger partial charge on any atom is -0.237 e. The number of hydrogen-bond donors (Lipinski definition) is 0. The second kappa shape index (κ2) is 3.11. The Labute approximate surface area is 72.6 Å². The van der Waals surface area contributed by atoms with Gasteiger partial charge in [-0.2, -0.15) is 5.06 Å². The second-order valence-corrected chi connectivity index (χ2v) is 3.65. The van der Waals surface area contributed by atoms with Crippen LogP contribution in [0.5, 0.6) is 0 Å². The molecule has 1 heterocycles. The molecule has 1 aromatic rings. The zero-order valence-electron chi connectivity index (χ0n) is 7.61. The van der Waals surface area contributed by atoms with Crippen molar-refractivity contribution in [1.82, 2.24) is 4.98 Å². The molecule has 0 aliphatic rings. The molecule has 0 unspecified atom stereocenters. The van der Waals surface area contributed by atoms with Gasteiger partial charge in [-0.05, 0) is 32.9 Å². The summed E-state index contributed by atoms with van der Waals surface area (Å²) in [6, 6.07) is 5.30. The van der Waals surface area contributed by atoms with E-state index in [2.05, 4.69) is 4.98 Å². The lowest BCUT2D eigenvalue weighted by Crippen LogP contribution is -2.37. The first-order valence-corrected chi connectivity index (χ1v) is 3.90. The van der Waals surface area contributed by atoms with Crippen molar-refractivity contribution in [3.63, 3.8) is 0 Å². The van der Waals surface area contributed by atoms with Crippen LogP contribution in [0.25, 0.3) is 0 Å². The van der Waals surface area contributed by atoms with Gasteiger partial charge in [0.1, 0.15) is 0 Å². The molecule has 0 bridgehead atoms. The van der Waals surface area contributed by atoms with Gasteiger partial charge in [-0.3, -0.25) is 0 Å². The van der Waals surface area contributed by atoms with Crippen LogP contribution in [-0.4, -0.2) is 10.5 Å². The Hall–Kier alpha value is -1.09. The van der Waals surface area contributed by atoms with Crippen LogP contribution >= 0.6 is 0 Å². The number of nitrogens with zero attached hydrogens (tertiary/aromatic N) is 2. The van der Waals surface area contributed by atoms with Gasteiger partial charge in [0, 0.05) is 6.20 Å². The zero-order chi connectivity index (χ0) is 9.19. The molecule has 0 spiro atoms. The average molecular weight is 165 g/mol. The van der Waals surface area contributed by atoms with Gasteiger partial charge < -0.3 is 0 Å². The summed E-state index contributed by atoms with van der Waals surface area (Å²) in [7, 11) is 0. The molecule has 1 aromatic heterocycles. The highest BCUT2D eigenvalue weighted by Gasteiger charge is 2.21. The molecule has 0 saturated heterocycles. The normalized spacial score (nSPS) is 11.3. The minimum atomic E-state index is -0.422. The third-order valence-corrected chi connectivity index (χ3v) is 1.47. The summed E-state index contributed by atoms with van der Waals surface area (Å²) in [5, 5.41) is 12.4. The van der Waals surface area contributed by atoms with Gasteiger partial charge in [-0.1, -0.05) is 11.3 Å². The number of hydroxylamine groups is 1. The molecule has 0 N–H and O–H groups in total. The first-order chi connectivity index (χ1) is 5.52. The van der Waals surface area contributed by atoms with Crippen molar-refractivity contribution in [3.8, 4) is 0 Å². The number of pyridine rings is 1. The fourth-order valence-electron chi connectivity index (χ4n) is 0.818. The summed E-state index contributed by atoms with van der Waals surface area (Å²) in [5.41, 5.74) is -0.422. The molecule has 12 heavy (non-hydrogen) atoms. The lowest BCUT2D eigenvalue weighted by molar-refractivity contribution is 0.0996. The summed E-state index contributed by atoms with van der Waals surface area (Å²) in [6.45, 7) is 5.57. The topological polar surface area (TPSA) is 36.0 Å². The highest BCUT2D eigenvalue weighted by atomic mass is 16.5. The van der Waals surface area contributed by atoms with Crippen LogP contribution in [0.3, 0.4) is 0 Å². The second-order valence-electron chi connectivity index (χ2n) is 3.65. The van der Waals surface area contributed by atoms with Crippen LogP contribution in [0, 0.1) is 0 Å². The largest absolute Gasteiger partial charge is 0.237 e. The molecule has 0 aliphatic carbocycles. The molecule has 3 heteroatoms. The smallest absolute Gasteiger partial charge is 0.156 e. The van der Waals surface area contributed by atoms with E-state index in [1.807, 2.05) is 20.8 Å². The Kier molecular flexibility index (Phi) is 2.33. The summed E-state index contributed by atoms with van der Waals surface area (Å²) in [4.78, 5) is 3.96. The van der Waals surface area contributed by atoms with Crippen molar-refractivity contribution in [3.05, 3.63) is 24.4 Å². The van der Waals surface area contributed by atoms with Gasteiger partial charge in [0.2, 0.25) is 0 Å². The molecular formula is C9H13N2O. The maximum absolute atomic E-state index is 11.5. The number of anilines is 1. The van der Waals surface area contributed by atoms with Crippen molar-refractivity contribution in [1.29, 1.82) is 0 Å². The maximum Gasteiger partial charge on any atom is 0.156 e. The van der Waals surface area contributed by atoms with Crippen molar-refractivity contribution >= 4 is 5.82 Å². The highest BCUT2D eigenvalue weighted by molar-refractivity contribution is 5.36. The Morgan fingerprint density at radius 1 is 1.33 bits per heavy atom. The lowest BCUT2D eigenvalue weighted by Gasteiger charge is -2.27. The Morgan fingerprint density at radius 3 is 2.42 bits per heavy atom. The highest BCUT2D eigenvalue weighted by Crippen LogP contribution is 2.18. The number of aromatic nitrogens is 1. The zero-order valence-corrected chi connectivity index (χ0v) is 7.61. The van der Waals surface area contributed by atoms with Crippen molar-refractivity contribution in [2.75, 3.05) is 5.06 Å². The van der Waals surface area contributed by atoms with E-state index in [4.69, 9.17) is 0 Å². The summed E-state index contributed by atoms with van der Waals surface area (Å²) in [6.07, 6.45) is 1.62. The molecule has 0 aromatic carbocycles. The van der Waals surface area contributed by atoms with E-state index in [0.29, 0.717) is 5.82 Å². The van der Waals surface area contributed by atoms with Gasteiger partial charge in [0.15, 0.2) is 5.82 Å². The fourth-order valence-corrected chi connectivity index (χ4v) is 0.818. The molecule has 0 fully saturated rings. The van der Waals surface area contributed by atoms with Gasteiger partial charge in [-0.15, -0.1) is 0 Å². The molecule has 0 atom stereocenters. The van der Waals surface area contributed by atoms with E-state index in [9.17, 15) is 5.21 Å². The summed E-state index contributed by atoms with van der Waals surface area (Å²) in [5.74, 6) is 0.463. The van der Waals surface area contributed by atoms with Crippen LogP contribution < -0.4 is 5.06 Å². The maximum atomic E-state index is 11.5. The third kappa shape index (κ3) is 1.95. The molecular weight excluding hydrogens is 152 g/mol. The van der Waals surface area contributed by atoms with Crippen LogP contribution in [-0.2, 0) is 5.21 Å². The Balaban J connectivity index is 2.86. The Morgan fingerprint density at radius 2 is 2.00 bits per heavy atom. The third-order valence-electron chi connectivity index (χ3n) is 1.47. The first kappa shape index (κ1) is 9.00. The van der Waals surface area contributed by atoms with Gasteiger partial charge in [0.25, 0.3) is 0 Å². The SMILES string of the molecule is CC(C)(C)N([O])c1ccccn1. The predicted octanol–water partition coefficient (Wildman–Crippen LogP) is 2.03. The molecule has 0 saturated carbocycles. The summed E-state index contributed by atoms with van der Waals surface area (Å²) < 4.78 is 0. The van der Waals surface area contributed by atoms with Crippen LogP contribution in [0.2, 0.25) is 0 Å². The van der Waals surface area contributed by atoms with Gasteiger partial charge >= 0.3 is 0 Å². The van der Waals surface area contributed by atoms with E-state index < -0.39 is 5.54 Å². The molecule has 0 amide bonds. The van der Waals surface area contributed by atoms with E-state index in [-0.39, 0.29) is 0 Å². The van der Waals surface area contributed by atoms with Crippen molar-refractivity contribution in [2.24, 2.45) is 0 Å². The fraction of sp³-hybridized carbons (Fsp3) is 0.444. The monoisotopic (exact) mass is 165 g/mol. The quantitative estimate of drug-likeness (QED) is 0.597. The number of rotatable bonds is 1. The van der Waals surface area contributed by atoms with Crippen molar-refractivity contribution in [2.45, 2.75) is 26.3 Å². The molecule has 3 nitrogen and oxygen atoms in total. The van der Waals surface area contributed by atoms with E-state index in [1.165, 1.54) is 0 Å². The van der Waals surface area contributed by atoms with Crippen LogP contribution in [0.15, 0.2) is 24.4 Å². The lowest BCUT2D eigenvalue weighted by atomic mass is 10.1. The molecule has 65 valence electrons. The average Bonchev–Trinajstić information content (AvgIpc) is 2.03. The van der Waals surface area contributed by atoms with Gasteiger partial charge in [-0.25, -0.2) is 4.98 Å². The van der Waals surface area contributed by atoms with Crippen LogP contribution in [0.1, 0.15) is 20.8 Å². The number of hydrogen-bond acceptors (Lipinski definition) is 2. The predicted molar refractivity (Wildman–Crippen MR) is 47.2 cm³/mol. The van der Waals surface area contributed by atoms with Gasteiger partial charge in [0.05, 0.1) is 5.54 Å². The van der Waals surface area contributed by atoms with E-state index in [0.717, 1.165) is 5.06 Å². The van der Waals surface area contributed by atoms with Crippen molar-refractivity contribution < 1.29 is 5.21 Å². The molecule has 1 radical (unpaired) electrons. The first-order valence-electron chi connectivity index (χ1n) is 3.90. The standard InChI is InChI=1S/C9H13N2O/c1-9(2,3)11(12)8-6-4-5-7-10-8/h4-7H,1-3H3. The minimum absolute atomic E-state index is 0.422. The van der Waals surface area contributed by atoms with E-state index >= 15 is 0 Å². The molecule has 1 rings (SSSR count). The summed E-state index contributed by atoms with van der Waals surface area (Å²) >= 11 is 0. The Bertz CT molecular complexity index is 240. The van der Waals surface area contributed by atoms with E-state index in [1.54, 1.807) is 24.4 Å². The van der Waals surface area contributed by atoms with Crippen LogP contribution in [0.4, 0.5) is 5.82 Å².